The molecule has 0 bridgehead atoms. The first-order valence-corrected chi connectivity index (χ1v) is 12.7. The zero-order valence-corrected chi connectivity index (χ0v) is 22.7. The van der Waals surface area contributed by atoms with Crippen molar-refractivity contribution in [2.45, 2.75) is 64.8 Å². The molecule has 0 heterocycles. The van der Waals surface area contributed by atoms with E-state index >= 15 is 0 Å². The first-order valence-electron chi connectivity index (χ1n) is 12.7. The van der Waals surface area contributed by atoms with Crippen molar-refractivity contribution in [2.24, 2.45) is 5.92 Å². The Morgan fingerprint density at radius 1 is 0.700 bits per heavy atom. The van der Waals surface area contributed by atoms with Crippen molar-refractivity contribution < 1.29 is 47.7 Å². The van der Waals surface area contributed by atoms with Crippen LogP contribution in [0.15, 0.2) is 60.7 Å². The van der Waals surface area contributed by atoms with E-state index in [0.29, 0.717) is 5.56 Å². The highest BCUT2D eigenvalue weighted by atomic mass is 16.6. The van der Waals surface area contributed by atoms with E-state index in [-0.39, 0.29) is 13.2 Å². The average Bonchev–Trinajstić information content (AvgIpc) is 3.13. The van der Waals surface area contributed by atoms with E-state index in [9.17, 15) is 24.0 Å². The molecular weight excluding hydrogens is 522 g/mol. The molecule has 0 saturated heterocycles. The molecule has 40 heavy (non-hydrogen) atoms. The molecule has 0 radical (unpaired) electrons. The number of ether oxygens (including phenoxy) is 5. The summed E-state index contributed by atoms with van der Waals surface area (Å²) >= 11 is 0. The lowest BCUT2D eigenvalue weighted by Crippen LogP contribution is -2.50. The van der Waals surface area contributed by atoms with Gasteiger partial charge in [0, 0.05) is 39.2 Å². The number of hydrogen-bond acceptors (Lipinski definition) is 10. The van der Waals surface area contributed by atoms with Crippen LogP contribution in [0.25, 0.3) is 0 Å². The van der Waals surface area contributed by atoms with Crippen LogP contribution < -0.4 is 5.32 Å². The molecule has 1 amide bonds. The maximum absolute atomic E-state index is 13.6. The second-order valence-electron chi connectivity index (χ2n) is 9.32. The smallest absolute Gasteiger partial charge is 0.303 e. The predicted molar refractivity (Wildman–Crippen MR) is 139 cm³/mol. The molecule has 214 valence electrons. The highest BCUT2D eigenvalue weighted by Crippen LogP contribution is 2.36. The Morgan fingerprint density at radius 2 is 1.23 bits per heavy atom. The van der Waals surface area contributed by atoms with Gasteiger partial charge in [-0.2, -0.15) is 0 Å². The molecule has 1 aliphatic rings. The lowest BCUT2D eigenvalue weighted by Gasteiger charge is -2.28. The first-order chi connectivity index (χ1) is 19.1. The molecule has 3 rings (SSSR count). The summed E-state index contributed by atoms with van der Waals surface area (Å²) in [5.41, 5.74) is 1.28. The van der Waals surface area contributed by atoms with Crippen LogP contribution in [0, 0.1) is 5.92 Å². The highest BCUT2D eigenvalue weighted by Gasteiger charge is 2.57. The Balaban J connectivity index is 1.98. The van der Waals surface area contributed by atoms with Crippen molar-refractivity contribution in [3.05, 3.63) is 71.8 Å². The van der Waals surface area contributed by atoms with Crippen molar-refractivity contribution >= 4 is 29.8 Å². The maximum Gasteiger partial charge on any atom is 0.303 e. The van der Waals surface area contributed by atoms with E-state index in [4.69, 9.17) is 23.7 Å². The SMILES string of the molecule is CC(=O)O[C@H]1[C@H](OC(C)=O)[C@@H](COCc2ccccc2)[C@H](NC(=O)[C@@H](OC(C)=O)c2ccccc2)[C@H]1OC(C)=O. The van der Waals surface area contributed by atoms with E-state index in [1.807, 2.05) is 30.3 Å². The fourth-order valence-electron chi connectivity index (χ4n) is 4.67. The van der Waals surface area contributed by atoms with Crippen LogP contribution in [0.4, 0.5) is 0 Å². The van der Waals surface area contributed by atoms with Gasteiger partial charge in [-0.15, -0.1) is 0 Å². The van der Waals surface area contributed by atoms with Gasteiger partial charge in [0.1, 0.15) is 6.10 Å². The molecule has 6 atom stereocenters. The topological polar surface area (TPSA) is 144 Å². The van der Waals surface area contributed by atoms with Crippen LogP contribution in [-0.2, 0) is 54.3 Å². The fourth-order valence-corrected chi connectivity index (χ4v) is 4.67. The van der Waals surface area contributed by atoms with E-state index in [0.717, 1.165) is 19.4 Å². The van der Waals surface area contributed by atoms with Crippen molar-refractivity contribution in [3.63, 3.8) is 0 Å². The van der Waals surface area contributed by atoms with E-state index in [1.54, 1.807) is 30.3 Å². The standard InChI is InChI=1S/C29H33NO10/c1-17(31)37-25(22-13-9-6-10-14-22)29(35)30-24-23(16-36-15-21-11-7-5-8-12-21)26(38-18(2)32)28(40-20(4)34)27(24)39-19(3)33/h5-14,23-28H,15-16H2,1-4H3,(H,30,35)/t23-,24-,25-,26+,27+,28-/m0/s1. The third-order valence-electron chi connectivity index (χ3n) is 6.15. The first kappa shape index (κ1) is 30.3. The van der Waals surface area contributed by atoms with Gasteiger partial charge >= 0.3 is 23.9 Å². The van der Waals surface area contributed by atoms with Crippen LogP contribution in [0.3, 0.4) is 0 Å². The number of nitrogens with one attached hydrogen (secondary N) is 1. The Hall–Kier alpha value is -4.25. The van der Waals surface area contributed by atoms with Crippen LogP contribution in [0.2, 0.25) is 0 Å². The molecule has 0 aliphatic heterocycles. The Labute approximate surface area is 232 Å². The molecule has 0 unspecified atom stereocenters. The maximum atomic E-state index is 13.6. The van der Waals surface area contributed by atoms with Crippen LogP contribution >= 0.6 is 0 Å². The van der Waals surface area contributed by atoms with Crippen LogP contribution in [-0.4, -0.2) is 60.7 Å². The van der Waals surface area contributed by atoms with Gasteiger partial charge < -0.3 is 29.0 Å². The summed E-state index contributed by atoms with van der Waals surface area (Å²) in [7, 11) is 0. The molecule has 1 aliphatic carbocycles. The van der Waals surface area contributed by atoms with Crippen molar-refractivity contribution in [1.82, 2.24) is 5.32 Å². The number of amides is 1. The van der Waals surface area contributed by atoms with Gasteiger partial charge in [-0.05, 0) is 5.56 Å². The normalized spacial score (nSPS) is 22.4. The summed E-state index contributed by atoms with van der Waals surface area (Å²) in [4.78, 5) is 61.7. The lowest BCUT2D eigenvalue weighted by molar-refractivity contribution is -0.176. The monoisotopic (exact) mass is 555 g/mol. The number of rotatable bonds is 11. The average molecular weight is 556 g/mol. The molecule has 1 saturated carbocycles. The summed E-state index contributed by atoms with van der Waals surface area (Å²) in [5.74, 6) is -4.33. The number of benzene rings is 2. The molecule has 11 heteroatoms. The largest absolute Gasteiger partial charge is 0.458 e. The molecule has 0 spiro atoms. The van der Waals surface area contributed by atoms with E-state index in [1.165, 1.54) is 13.8 Å². The minimum absolute atomic E-state index is 0.0725. The zero-order chi connectivity index (χ0) is 29.2. The van der Waals surface area contributed by atoms with Crippen LogP contribution in [0.5, 0.6) is 0 Å². The number of esters is 4. The van der Waals surface area contributed by atoms with Gasteiger partial charge in [0.25, 0.3) is 5.91 Å². The molecule has 1 fully saturated rings. The van der Waals surface area contributed by atoms with Crippen molar-refractivity contribution in [3.8, 4) is 0 Å². The summed E-state index contributed by atoms with van der Waals surface area (Å²) in [6.45, 7) is 4.81. The van der Waals surface area contributed by atoms with E-state index < -0.39 is 66.2 Å². The van der Waals surface area contributed by atoms with Crippen molar-refractivity contribution in [1.29, 1.82) is 0 Å². The summed E-state index contributed by atoms with van der Waals surface area (Å²) in [6.07, 6.45) is -4.95. The summed E-state index contributed by atoms with van der Waals surface area (Å²) in [5, 5.41) is 2.79. The number of carbonyl (C=O) groups excluding carboxylic acids is 5. The molecule has 11 nitrogen and oxygen atoms in total. The quantitative estimate of drug-likeness (QED) is 0.324. The van der Waals surface area contributed by atoms with Gasteiger partial charge in [-0.3, -0.25) is 24.0 Å². The lowest BCUT2D eigenvalue weighted by atomic mass is 10.0. The van der Waals surface area contributed by atoms with Gasteiger partial charge in [0.05, 0.1) is 19.3 Å². The van der Waals surface area contributed by atoms with E-state index in [2.05, 4.69) is 5.32 Å². The summed E-state index contributed by atoms with van der Waals surface area (Å²) < 4.78 is 27.8. The molecule has 1 N–H and O–H groups in total. The minimum Gasteiger partial charge on any atom is -0.458 e. The van der Waals surface area contributed by atoms with Crippen LogP contribution in [0.1, 0.15) is 44.9 Å². The van der Waals surface area contributed by atoms with Crippen molar-refractivity contribution in [2.75, 3.05) is 6.61 Å². The van der Waals surface area contributed by atoms with Gasteiger partial charge in [-0.25, -0.2) is 0 Å². The second kappa shape index (κ2) is 14.2. The Bertz CT molecular complexity index is 1190. The third kappa shape index (κ3) is 8.37. The molecular formula is C29H33NO10. The third-order valence-corrected chi connectivity index (χ3v) is 6.15. The molecule has 0 aromatic heterocycles. The number of carbonyl (C=O) groups is 5. The minimum atomic E-state index is -1.33. The van der Waals surface area contributed by atoms with Gasteiger partial charge in [0.15, 0.2) is 12.2 Å². The molecule has 2 aromatic rings. The predicted octanol–water partition coefficient (Wildman–Crippen LogP) is 2.42. The highest BCUT2D eigenvalue weighted by molar-refractivity contribution is 5.85. The number of hydrogen-bond donors (Lipinski definition) is 1. The second-order valence-corrected chi connectivity index (χ2v) is 9.32. The Morgan fingerprint density at radius 3 is 1.77 bits per heavy atom. The Kier molecular flexibility index (Phi) is 10.8. The summed E-state index contributed by atoms with van der Waals surface area (Å²) in [6, 6.07) is 16.6. The fraction of sp³-hybridized carbons (Fsp3) is 0.414. The van der Waals surface area contributed by atoms with Gasteiger partial charge in [-0.1, -0.05) is 60.7 Å². The van der Waals surface area contributed by atoms with Gasteiger partial charge in [0.2, 0.25) is 6.10 Å². The zero-order valence-electron chi connectivity index (χ0n) is 22.7. The molecule has 2 aromatic carbocycles.